The maximum absolute atomic E-state index is 6.32. The van der Waals surface area contributed by atoms with E-state index in [1.54, 1.807) is 0 Å². The van der Waals surface area contributed by atoms with Crippen molar-refractivity contribution in [3.63, 3.8) is 0 Å². The Bertz CT molecular complexity index is 3100. The first-order valence-corrected chi connectivity index (χ1v) is 18.0. The Morgan fingerprint density at radius 1 is 0.472 bits per heavy atom. The fourth-order valence-corrected chi connectivity index (χ4v) is 8.62. The van der Waals surface area contributed by atoms with Gasteiger partial charge in [0.25, 0.3) is 0 Å². The molecule has 0 saturated carbocycles. The first kappa shape index (κ1) is 29.8. The molecule has 0 unspecified atom stereocenters. The molecule has 0 atom stereocenters. The molecule has 0 bridgehead atoms. The van der Waals surface area contributed by atoms with Gasteiger partial charge in [0.1, 0.15) is 11.2 Å². The Hall–Kier alpha value is -6.85. The summed E-state index contributed by atoms with van der Waals surface area (Å²) >= 11 is 0. The molecular weight excluding hydrogens is 649 g/mol. The molecule has 0 radical (unpaired) electrons. The van der Waals surface area contributed by atoms with Gasteiger partial charge >= 0.3 is 0 Å². The topological polar surface area (TPSA) is 56.7 Å². The van der Waals surface area contributed by atoms with Crippen molar-refractivity contribution in [3.8, 4) is 51.0 Å². The highest BCUT2D eigenvalue weighted by Crippen LogP contribution is 2.51. The number of nitrogens with zero attached hydrogens (tertiary/aromatic N) is 4. The molecule has 0 amide bonds. The number of hydrogen-bond donors (Lipinski definition) is 0. The van der Waals surface area contributed by atoms with Crippen LogP contribution in [0.3, 0.4) is 0 Å². The summed E-state index contributed by atoms with van der Waals surface area (Å²) in [5.74, 6) is 1.93. The highest BCUT2D eigenvalue weighted by Gasteiger charge is 2.37. The first-order chi connectivity index (χ1) is 26.0. The van der Waals surface area contributed by atoms with Crippen LogP contribution in [0.1, 0.15) is 25.0 Å². The van der Waals surface area contributed by atoms with E-state index in [9.17, 15) is 0 Å². The van der Waals surface area contributed by atoms with Crippen LogP contribution >= 0.6 is 0 Å². The quantitative estimate of drug-likeness (QED) is 0.186. The van der Waals surface area contributed by atoms with Crippen LogP contribution in [-0.4, -0.2) is 19.5 Å². The van der Waals surface area contributed by atoms with E-state index in [2.05, 4.69) is 146 Å². The predicted molar refractivity (Wildman–Crippen MR) is 215 cm³/mol. The van der Waals surface area contributed by atoms with Crippen molar-refractivity contribution >= 4 is 43.7 Å². The van der Waals surface area contributed by atoms with Crippen LogP contribution in [0.4, 0.5) is 0 Å². The molecule has 11 rings (SSSR count). The molecule has 0 saturated heterocycles. The average molecular weight is 681 g/mol. The first-order valence-electron chi connectivity index (χ1n) is 18.0. The van der Waals surface area contributed by atoms with E-state index >= 15 is 0 Å². The second kappa shape index (κ2) is 11.1. The van der Waals surface area contributed by atoms with E-state index in [1.165, 1.54) is 33.0 Å². The predicted octanol–water partition coefficient (Wildman–Crippen LogP) is 12.2. The summed E-state index contributed by atoms with van der Waals surface area (Å²) in [5, 5.41) is 4.62. The van der Waals surface area contributed by atoms with E-state index in [4.69, 9.17) is 19.4 Å². The molecule has 3 aromatic heterocycles. The fourth-order valence-electron chi connectivity index (χ4n) is 8.62. The van der Waals surface area contributed by atoms with E-state index in [0.717, 1.165) is 55.3 Å². The highest BCUT2D eigenvalue weighted by atomic mass is 16.3. The third-order valence-corrected chi connectivity index (χ3v) is 11.1. The van der Waals surface area contributed by atoms with Crippen molar-refractivity contribution in [1.29, 1.82) is 0 Å². The Balaban J connectivity index is 1.14. The molecule has 250 valence electrons. The molecule has 1 aliphatic rings. The average Bonchev–Trinajstić information content (AvgIpc) is 3.83. The largest absolute Gasteiger partial charge is 0.456 e. The summed E-state index contributed by atoms with van der Waals surface area (Å²) in [5.41, 5.74) is 12.8. The van der Waals surface area contributed by atoms with E-state index in [0.29, 0.717) is 17.5 Å². The molecule has 53 heavy (non-hydrogen) atoms. The maximum atomic E-state index is 6.32. The molecule has 10 aromatic rings. The van der Waals surface area contributed by atoms with Gasteiger partial charge in [0.05, 0.1) is 11.0 Å². The molecule has 0 fully saturated rings. The van der Waals surface area contributed by atoms with E-state index in [1.807, 2.05) is 30.3 Å². The highest BCUT2D eigenvalue weighted by molar-refractivity contribution is 6.27. The molecule has 3 heterocycles. The van der Waals surface area contributed by atoms with Gasteiger partial charge in [-0.05, 0) is 58.7 Å². The number of fused-ring (bicyclic) bond motifs is 10. The summed E-state index contributed by atoms with van der Waals surface area (Å²) in [4.78, 5) is 15.6. The lowest BCUT2D eigenvalue weighted by molar-refractivity contribution is 0.660. The number of para-hydroxylation sites is 2. The van der Waals surface area contributed by atoms with Crippen LogP contribution in [0.25, 0.3) is 94.7 Å². The van der Waals surface area contributed by atoms with Gasteiger partial charge in [-0.1, -0.05) is 135 Å². The van der Waals surface area contributed by atoms with Gasteiger partial charge in [0.2, 0.25) is 0 Å². The van der Waals surface area contributed by atoms with Gasteiger partial charge in [-0.25, -0.2) is 15.0 Å². The van der Waals surface area contributed by atoms with Gasteiger partial charge in [-0.3, -0.25) is 0 Å². The third kappa shape index (κ3) is 4.34. The van der Waals surface area contributed by atoms with E-state index < -0.39 is 0 Å². The number of hydrogen-bond acceptors (Lipinski definition) is 4. The van der Waals surface area contributed by atoms with Crippen molar-refractivity contribution in [3.05, 3.63) is 169 Å². The van der Waals surface area contributed by atoms with Gasteiger partial charge in [-0.15, -0.1) is 0 Å². The van der Waals surface area contributed by atoms with Gasteiger partial charge in [0, 0.05) is 49.3 Å². The van der Waals surface area contributed by atoms with Crippen LogP contribution in [0.2, 0.25) is 0 Å². The Labute approximate surface area is 305 Å². The molecule has 1 aliphatic carbocycles. The minimum atomic E-state index is -0.134. The van der Waals surface area contributed by atoms with Gasteiger partial charge in [-0.2, -0.15) is 0 Å². The second-order valence-electron chi connectivity index (χ2n) is 14.4. The summed E-state index contributed by atoms with van der Waals surface area (Å²) in [6.45, 7) is 4.60. The van der Waals surface area contributed by atoms with Crippen molar-refractivity contribution in [2.75, 3.05) is 0 Å². The zero-order valence-electron chi connectivity index (χ0n) is 29.2. The minimum absolute atomic E-state index is 0.134. The molecule has 0 aliphatic heterocycles. The molecule has 0 N–H and O–H groups in total. The molecule has 5 heteroatoms. The van der Waals surface area contributed by atoms with Gasteiger partial charge < -0.3 is 8.98 Å². The summed E-state index contributed by atoms with van der Waals surface area (Å²) < 4.78 is 8.67. The maximum Gasteiger partial charge on any atom is 0.164 e. The molecule has 7 aromatic carbocycles. The minimum Gasteiger partial charge on any atom is -0.456 e. The standard InChI is InChI=1S/C48H32N4O/c1-48(2)36-22-9-6-18-32(36)42-35(21-13-23-37(42)48)47-50-45(29-14-4-3-5-15-29)49-46(51-47)30-16-12-17-31(28-30)52-38-24-10-7-19-33(38)43-39(52)26-27-41-44(43)34-20-8-11-25-40(34)53-41/h3-28H,1-2H3. The van der Waals surface area contributed by atoms with Crippen molar-refractivity contribution in [1.82, 2.24) is 19.5 Å². The Morgan fingerprint density at radius 2 is 1.13 bits per heavy atom. The van der Waals surface area contributed by atoms with E-state index in [-0.39, 0.29) is 5.41 Å². The Kier molecular flexibility index (Phi) is 6.23. The number of aromatic nitrogens is 4. The Morgan fingerprint density at radius 3 is 2.02 bits per heavy atom. The van der Waals surface area contributed by atoms with Gasteiger partial charge in [0.15, 0.2) is 17.5 Å². The lowest BCUT2D eigenvalue weighted by Crippen LogP contribution is -2.14. The van der Waals surface area contributed by atoms with Crippen molar-refractivity contribution < 1.29 is 4.42 Å². The SMILES string of the molecule is CC1(C)c2ccccc2-c2c(-c3nc(-c4ccccc4)nc(-c4cccc(-n5c6ccccc6c6c7c(ccc65)oc5ccccc57)c4)n3)cccc21. The molecule has 5 nitrogen and oxygen atoms in total. The second-order valence-corrected chi connectivity index (χ2v) is 14.4. The lowest BCUT2D eigenvalue weighted by Gasteiger charge is -2.21. The van der Waals surface area contributed by atoms with Crippen LogP contribution in [0, 0.1) is 0 Å². The van der Waals surface area contributed by atoms with Crippen molar-refractivity contribution in [2.24, 2.45) is 0 Å². The number of rotatable bonds is 4. The zero-order valence-corrected chi connectivity index (χ0v) is 29.2. The number of benzene rings is 7. The van der Waals surface area contributed by atoms with Crippen LogP contribution in [-0.2, 0) is 5.41 Å². The monoisotopic (exact) mass is 680 g/mol. The molecule has 0 spiro atoms. The van der Waals surface area contributed by atoms with Crippen LogP contribution in [0.15, 0.2) is 162 Å². The van der Waals surface area contributed by atoms with Crippen molar-refractivity contribution in [2.45, 2.75) is 19.3 Å². The smallest absolute Gasteiger partial charge is 0.164 e. The summed E-state index contributed by atoms with van der Waals surface area (Å²) in [6.07, 6.45) is 0. The van der Waals surface area contributed by atoms with Crippen LogP contribution in [0.5, 0.6) is 0 Å². The number of furan rings is 1. The van der Waals surface area contributed by atoms with Crippen LogP contribution < -0.4 is 0 Å². The third-order valence-electron chi connectivity index (χ3n) is 11.1. The normalized spacial score (nSPS) is 13.2. The lowest BCUT2D eigenvalue weighted by atomic mass is 9.82. The zero-order chi connectivity index (χ0) is 35.3. The molecular formula is C48H32N4O. The summed E-state index contributed by atoms with van der Waals surface area (Å²) in [6, 6.07) is 55.2. The fraction of sp³-hybridized carbons (Fsp3) is 0.0625. The summed E-state index contributed by atoms with van der Waals surface area (Å²) in [7, 11) is 0.